The highest BCUT2D eigenvalue weighted by molar-refractivity contribution is 7.08. The minimum absolute atomic E-state index is 0.259. The van der Waals surface area contributed by atoms with Crippen molar-refractivity contribution in [2.75, 3.05) is 5.32 Å². The average molecular weight is 378 g/mol. The molecule has 0 saturated heterocycles. The van der Waals surface area contributed by atoms with Gasteiger partial charge in [-0.25, -0.2) is 9.50 Å². The summed E-state index contributed by atoms with van der Waals surface area (Å²) in [5.41, 5.74) is 2.83. The molecule has 0 aliphatic rings. The minimum Gasteiger partial charge on any atom is -0.386 e. The number of rotatable bonds is 4. The fourth-order valence-electron chi connectivity index (χ4n) is 2.81. The Hall–Kier alpha value is -3.03. The standard InChI is InChI=1S/C20H18N4O2S/c1-20(2,26)15-5-3-13(4-6-15)19(25)23-17-11-16(14-8-10-27-12-14)24-18(22-17)7-9-21-24/h3-12,26H,1-2H3,(H,22,23,25). The molecule has 136 valence electrons. The third kappa shape index (κ3) is 3.47. The summed E-state index contributed by atoms with van der Waals surface area (Å²) < 4.78 is 1.75. The number of nitrogens with zero attached hydrogens (tertiary/aromatic N) is 3. The van der Waals surface area contributed by atoms with Gasteiger partial charge in [0.2, 0.25) is 0 Å². The Kier molecular flexibility index (Phi) is 4.25. The van der Waals surface area contributed by atoms with E-state index < -0.39 is 5.60 Å². The van der Waals surface area contributed by atoms with E-state index in [0.29, 0.717) is 17.0 Å². The second-order valence-electron chi connectivity index (χ2n) is 6.73. The third-order valence-corrected chi connectivity index (χ3v) is 4.95. The lowest BCUT2D eigenvalue weighted by atomic mass is 9.97. The first-order chi connectivity index (χ1) is 12.9. The molecule has 0 atom stereocenters. The number of carbonyl (C=O) groups excluding carboxylic acids is 1. The fourth-order valence-corrected chi connectivity index (χ4v) is 3.46. The van der Waals surface area contributed by atoms with Crippen LogP contribution in [-0.4, -0.2) is 25.6 Å². The van der Waals surface area contributed by atoms with Crippen LogP contribution >= 0.6 is 11.3 Å². The van der Waals surface area contributed by atoms with Gasteiger partial charge < -0.3 is 10.4 Å². The summed E-state index contributed by atoms with van der Waals surface area (Å²) in [4.78, 5) is 17.1. The highest BCUT2D eigenvalue weighted by Gasteiger charge is 2.17. The molecule has 0 bridgehead atoms. The number of aliphatic hydroxyl groups is 1. The Bertz CT molecular complexity index is 1090. The zero-order valence-corrected chi connectivity index (χ0v) is 15.7. The maximum atomic E-state index is 12.6. The van der Waals surface area contributed by atoms with Crippen molar-refractivity contribution in [3.8, 4) is 11.3 Å². The van der Waals surface area contributed by atoms with Gasteiger partial charge in [-0.15, -0.1) is 0 Å². The molecular weight excluding hydrogens is 360 g/mol. The molecule has 7 heteroatoms. The van der Waals surface area contributed by atoms with Crippen molar-refractivity contribution in [3.05, 3.63) is 70.5 Å². The number of carbonyl (C=O) groups is 1. The first-order valence-electron chi connectivity index (χ1n) is 8.43. The van der Waals surface area contributed by atoms with Crippen molar-refractivity contribution in [2.24, 2.45) is 0 Å². The molecule has 3 aromatic heterocycles. The van der Waals surface area contributed by atoms with Crippen LogP contribution in [0.15, 0.2) is 59.4 Å². The molecule has 2 N–H and O–H groups in total. The average Bonchev–Trinajstić information content (AvgIpc) is 3.32. The highest BCUT2D eigenvalue weighted by atomic mass is 32.1. The van der Waals surface area contributed by atoms with E-state index in [9.17, 15) is 9.90 Å². The van der Waals surface area contributed by atoms with Crippen LogP contribution in [0, 0.1) is 0 Å². The van der Waals surface area contributed by atoms with E-state index in [4.69, 9.17) is 0 Å². The summed E-state index contributed by atoms with van der Waals surface area (Å²) in [7, 11) is 0. The Morgan fingerprint density at radius 3 is 2.63 bits per heavy atom. The maximum Gasteiger partial charge on any atom is 0.256 e. The molecule has 4 rings (SSSR count). The van der Waals surface area contributed by atoms with Crippen molar-refractivity contribution in [2.45, 2.75) is 19.4 Å². The quantitative estimate of drug-likeness (QED) is 0.564. The van der Waals surface area contributed by atoms with E-state index in [0.717, 1.165) is 16.8 Å². The SMILES string of the molecule is CC(C)(O)c1ccc(C(=O)Nc2cc(-c3ccsc3)n3nccc3n2)cc1. The zero-order valence-electron chi connectivity index (χ0n) is 14.9. The predicted molar refractivity (Wildman–Crippen MR) is 106 cm³/mol. The van der Waals surface area contributed by atoms with Gasteiger partial charge in [0, 0.05) is 28.6 Å². The van der Waals surface area contributed by atoms with E-state index >= 15 is 0 Å². The number of fused-ring (bicyclic) bond motifs is 1. The van der Waals surface area contributed by atoms with Crippen LogP contribution in [0.4, 0.5) is 5.82 Å². The van der Waals surface area contributed by atoms with Gasteiger partial charge in [-0.3, -0.25) is 4.79 Å². The van der Waals surface area contributed by atoms with Gasteiger partial charge in [-0.2, -0.15) is 16.4 Å². The smallest absolute Gasteiger partial charge is 0.256 e. The molecule has 4 aromatic rings. The van der Waals surface area contributed by atoms with E-state index in [2.05, 4.69) is 15.4 Å². The fraction of sp³-hybridized carbons (Fsp3) is 0.150. The van der Waals surface area contributed by atoms with E-state index in [-0.39, 0.29) is 5.91 Å². The molecule has 0 unspecified atom stereocenters. The number of anilines is 1. The van der Waals surface area contributed by atoms with Crippen molar-refractivity contribution >= 4 is 28.7 Å². The van der Waals surface area contributed by atoms with Crippen molar-refractivity contribution in [1.82, 2.24) is 14.6 Å². The van der Waals surface area contributed by atoms with Gasteiger partial charge in [-0.1, -0.05) is 12.1 Å². The summed E-state index contributed by atoms with van der Waals surface area (Å²) in [6.07, 6.45) is 1.68. The molecule has 0 fully saturated rings. The lowest BCUT2D eigenvalue weighted by Gasteiger charge is -2.17. The van der Waals surface area contributed by atoms with E-state index in [1.807, 2.05) is 22.9 Å². The lowest BCUT2D eigenvalue weighted by Crippen LogP contribution is -2.17. The van der Waals surface area contributed by atoms with Gasteiger partial charge in [0.05, 0.1) is 17.5 Å². The van der Waals surface area contributed by atoms with Crippen LogP contribution in [0.5, 0.6) is 0 Å². The Labute approximate surface area is 160 Å². The molecule has 6 nitrogen and oxygen atoms in total. The molecule has 1 amide bonds. The van der Waals surface area contributed by atoms with E-state index in [1.54, 1.807) is 66.2 Å². The minimum atomic E-state index is -0.945. The second kappa shape index (κ2) is 6.61. The number of thiophene rings is 1. The monoisotopic (exact) mass is 378 g/mol. The lowest BCUT2D eigenvalue weighted by molar-refractivity contribution is 0.0785. The predicted octanol–water partition coefficient (Wildman–Crippen LogP) is 3.94. The van der Waals surface area contributed by atoms with Crippen LogP contribution in [-0.2, 0) is 5.60 Å². The van der Waals surface area contributed by atoms with Gasteiger partial charge in [0.25, 0.3) is 5.91 Å². The van der Waals surface area contributed by atoms with Crippen LogP contribution in [0.2, 0.25) is 0 Å². The van der Waals surface area contributed by atoms with Gasteiger partial charge in [-0.05, 0) is 43.0 Å². The van der Waals surface area contributed by atoms with Crippen molar-refractivity contribution in [3.63, 3.8) is 0 Å². The van der Waals surface area contributed by atoms with Gasteiger partial charge in [0.1, 0.15) is 5.82 Å². The summed E-state index contributed by atoms with van der Waals surface area (Å²) >= 11 is 1.60. The van der Waals surface area contributed by atoms with Crippen LogP contribution in [0.25, 0.3) is 16.9 Å². The highest BCUT2D eigenvalue weighted by Crippen LogP contribution is 2.25. The molecule has 0 aliphatic heterocycles. The first-order valence-corrected chi connectivity index (χ1v) is 9.38. The number of aromatic nitrogens is 3. The Morgan fingerprint density at radius 1 is 1.19 bits per heavy atom. The molecular formula is C20H18N4O2S. The summed E-state index contributed by atoms with van der Waals surface area (Å²) in [6, 6.07) is 12.5. The maximum absolute atomic E-state index is 12.6. The number of nitrogens with one attached hydrogen (secondary N) is 1. The van der Waals surface area contributed by atoms with Crippen molar-refractivity contribution in [1.29, 1.82) is 0 Å². The number of hydrogen-bond donors (Lipinski definition) is 2. The second-order valence-corrected chi connectivity index (χ2v) is 7.51. The van der Waals surface area contributed by atoms with E-state index in [1.165, 1.54) is 0 Å². The molecule has 3 heterocycles. The van der Waals surface area contributed by atoms with Crippen LogP contribution < -0.4 is 5.32 Å². The largest absolute Gasteiger partial charge is 0.386 e. The molecule has 0 radical (unpaired) electrons. The van der Waals surface area contributed by atoms with Crippen LogP contribution in [0.3, 0.4) is 0 Å². The Morgan fingerprint density at radius 2 is 1.96 bits per heavy atom. The summed E-state index contributed by atoms with van der Waals surface area (Å²) in [5, 5.41) is 21.2. The molecule has 0 saturated carbocycles. The van der Waals surface area contributed by atoms with Crippen molar-refractivity contribution < 1.29 is 9.90 Å². The molecule has 0 spiro atoms. The summed E-state index contributed by atoms with van der Waals surface area (Å²) in [6.45, 7) is 3.41. The molecule has 1 aromatic carbocycles. The topological polar surface area (TPSA) is 79.5 Å². The zero-order chi connectivity index (χ0) is 19.0. The normalized spacial score (nSPS) is 11.7. The van der Waals surface area contributed by atoms with Gasteiger partial charge in [0.15, 0.2) is 5.65 Å². The summed E-state index contributed by atoms with van der Waals surface area (Å²) in [5.74, 6) is 0.200. The number of hydrogen-bond acceptors (Lipinski definition) is 5. The first kappa shape index (κ1) is 17.4. The number of amides is 1. The van der Waals surface area contributed by atoms with Gasteiger partial charge >= 0.3 is 0 Å². The third-order valence-electron chi connectivity index (χ3n) is 4.27. The van der Waals surface area contributed by atoms with Crippen LogP contribution in [0.1, 0.15) is 29.8 Å². The molecule has 27 heavy (non-hydrogen) atoms. The Balaban J connectivity index is 1.64. The molecule has 0 aliphatic carbocycles. The number of benzene rings is 1.